The van der Waals surface area contributed by atoms with Gasteiger partial charge in [-0.25, -0.2) is 19.6 Å². The topological polar surface area (TPSA) is 108 Å². The van der Waals surface area contributed by atoms with Gasteiger partial charge in [0.25, 0.3) is 0 Å². The van der Waals surface area contributed by atoms with E-state index in [1.165, 1.54) is 16.7 Å². The zero-order valence-electron chi connectivity index (χ0n) is 16.7. The van der Waals surface area contributed by atoms with Crippen LogP contribution < -0.4 is 19.3 Å². The van der Waals surface area contributed by atoms with Crippen molar-refractivity contribution in [2.75, 3.05) is 43.4 Å². The zero-order chi connectivity index (χ0) is 21.4. The van der Waals surface area contributed by atoms with Crippen molar-refractivity contribution in [3.05, 3.63) is 30.0 Å². The molecule has 1 fully saturated rings. The van der Waals surface area contributed by atoms with Gasteiger partial charge in [0.1, 0.15) is 17.3 Å². The number of hydrogen-bond donors (Lipinski definition) is 1. The summed E-state index contributed by atoms with van der Waals surface area (Å²) >= 11 is 1.38. The van der Waals surface area contributed by atoms with E-state index in [0.717, 1.165) is 5.56 Å². The highest BCUT2D eigenvalue weighted by Crippen LogP contribution is 2.37. The molecule has 1 saturated heterocycles. The molecule has 0 radical (unpaired) electrons. The van der Waals surface area contributed by atoms with Crippen molar-refractivity contribution < 1.29 is 24.2 Å². The van der Waals surface area contributed by atoms with Crippen molar-refractivity contribution >= 4 is 35.4 Å². The number of carbonyl (C=O) groups excluding carboxylic acids is 1. The summed E-state index contributed by atoms with van der Waals surface area (Å²) < 4.78 is 10.7. The van der Waals surface area contributed by atoms with Gasteiger partial charge in [0, 0.05) is 43.0 Å². The molecule has 30 heavy (non-hydrogen) atoms. The van der Waals surface area contributed by atoms with Crippen molar-refractivity contribution in [3.8, 4) is 11.5 Å². The normalized spacial score (nSPS) is 16.2. The van der Waals surface area contributed by atoms with Gasteiger partial charge >= 0.3 is 12.1 Å². The molecule has 1 aromatic carbocycles. The van der Waals surface area contributed by atoms with Crippen LogP contribution in [0.15, 0.2) is 29.6 Å². The van der Waals surface area contributed by atoms with Gasteiger partial charge in [0.15, 0.2) is 5.16 Å². The number of benzene rings is 1. The first-order chi connectivity index (χ1) is 14.4. The molecule has 0 saturated carbocycles. The van der Waals surface area contributed by atoms with Crippen molar-refractivity contribution in [3.63, 3.8) is 0 Å². The highest BCUT2D eigenvalue weighted by atomic mass is 32.2. The molecule has 10 nitrogen and oxygen atoms in total. The summed E-state index contributed by atoms with van der Waals surface area (Å²) in [6, 6.07) is 4.66. The fourth-order valence-electron chi connectivity index (χ4n) is 3.51. The first kappa shape index (κ1) is 20.1. The molecule has 11 heteroatoms. The smallest absolute Gasteiger partial charge is 0.407 e. The fourth-order valence-corrected chi connectivity index (χ4v) is 3.85. The number of carboxylic acid groups (broad SMARTS) is 1. The molecule has 2 aromatic rings. The molecule has 2 aliphatic heterocycles. The third kappa shape index (κ3) is 3.45. The lowest BCUT2D eigenvalue weighted by Gasteiger charge is -2.47. The Balaban J connectivity index is 1.75. The number of ether oxygens (including phenoxy) is 2. The van der Waals surface area contributed by atoms with Gasteiger partial charge in [-0.3, -0.25) is 9.80 Å². The molecule has 158 valence electrons. The maximum absolute atomic E-state index is 13.5. The molecule has 0 spiro atoms. The number of fused-ring (bicyclic) bond motifs is 1. The first-order valence-electron chi connectivity index (χ1n) is 9.16. The van der Waals surface area contributed by atoms with Gasteiger partial charge in [-0.1, -0.05) is 11.8 Å². The van der Waals surface area contributed by atoms with E-state index in [-0.39, 0.29) is 31.7 Å². The number of likely N-dealkylation sites (tertiary alicyclic amines) is 1. The molecule has 0 atom stereocenters. The van der Waals surface area contributed by atoms with E-state index in [1.54, 1.807) is 48.4 Å². The van der Waals surface area contributed by atoms with Crippen molar-refractivity contribution in [2.24, 2.45) is 0 Å². The number of amides is 3. The third-order valence-electron chi connectivity index (χ3n) is 5.14. The lowest BCUT2D eigenvalue weighted by Crippen LogP contribution is -2.65. The van der Waals surface area contributed by atoms with Gasteiger partial charge in [0.05, 0.1) is 32.5 Å². The second-order valence-corrected chi connectivity index (χ2v) is 7.63. The molecule has 4 rings (SSSR count). The van der Waals surface area contributed by atoms with Crippen molar-refractivity contribution in [1.29, 1.82) is 0 Å². The van der Waals surface area contributed by atoms with Crippen LogP contribution in [-0.2, 0) is 6.54 Å². The van der Waals surface area contributed by atoms with Gasteiger partial charge in [-0.15, -0.1) is 0 Å². The molecule has 3 amide bonds. The van der Waals surface area contributed by atoms with E-state index in [1.807, 2.05) is 6.26 Å². The minimum atomic E-state index is -1.00. The van der Waals surface area contributed by atoms with Crippen LogP contribution >= 0.6 is 11.8 Å². The number of methoxy groups -OCH3 is 2. The Bertz CT molecular complexity index is 975. The minimum absolute atomic E-state index is 0.231. The average molecular weight is 431 g/mol. The van der Waals surface area contributed by atoms with Crippen LogP contribution in [0, 0.1) is 0 Å². The molecule has 1 N–H and O–H groups in total. The van der Waals surface area contributed by atoms with E-state index >= 15 is 0 Å². The Morgan fingerprint density at radius 1 is 1.20 bits per heavy atom. The van der Waals surface area contributed by atoms with Crippen LogP contribution in [0.1, 0.15) is 5.56 Å². The predicted molar refractivity (Wildman–Crippen MR) is 111 cm³/mol. The number of anilines is 2. The molecular weight excluding hydrogens is 410 g/mol. The van der Waals surface area contributed by atoms with Gasteiger partial charge in [-0.05, 0) is 6.26 Å². The van der Waals surface area contributed by atoms with Gasteiger partial charge < -0.3 is 19.5 Å². The zero-order valence-corrected chi connectivity index (χ0v) is 17.5. The highest BCUT2D eigenvalue weighted by Gasteiger charge is 2.44. The largest absolute Gasteiger partial charge is 0.497 e. The molecule has 2 aliphatic rings. The molecule has 0 bridgehead atoms. The second-order valence-electron chi connectivity index (χ2n) is 6.86. The quantitative estimate of drug-likeness (QED) is 0.568. The summed E-state index contributed by atoms with van der Waals surface area (Å²) in [7, 11) is 3.09. The Morgan fingerprint density at radius 3 is 2.43 bits per heavy atom. The lowest BCUT2D eigenvalue weighted by molar-refractivity contribution is 0.105. The second kappa shape index (κ2) is 7.90. The van der Waals surface area contributed by atoms with Crippen LogP contribution in [0.3, 0.4) is 0 Å². The number of urea groups is 1. The van der Waals surface area contributed by atoms with Crippen molar-refractivity contribution in [2.45, 2.75) is 17.7 Å². The monoisotopic (exact) mass is 431 g/mol. The number of hydrogen-bond acceptors (Lipinski definition) is 7. The van der Waals surface area contributed by atoms with E-state index in [4.69, 9.17) is 9.47 Å². The van der Waals surface area contributed by atoms with Gasteiger partial charge in [0.2, 0.25) is 0 Å². The molecule has 3 heterocycles. The molecule has 1 aromatic heterocycles. The van der Waals surface area contributed by atoms with E-state index in [0.29, 0.717) is 28.2 Å². The predicted octanol–water partition coefficient (Wildman–Crippen LogP) is 2.52. The summed E-state index contributed by atoms with van der Waals surface area (Å²) in [5, 5.41) is 9.75. The van der Waals surface area contributed by atoms with Crippen LogP contribution in [-0.4, -0.2) is 71.7 Å². The summed E-state index contributed by atoms with van der Waals surface area (Å²) in [6.07, 6.45) is 2.57. The standard InChI is InChI=1S/C19H21N5O5S/c1-28-14-4-12(5-15(6-14)29-2)23-8-11-7-20-17(30-3)21-16(11)24(18(23)25)13-9-22(10-13)19(26)27/h4-7,13H,8-10H2,1-3H3,(H,26,27). The Morgan fingerprint density at radius 2 is 1.87 bits per heavy atom. The Labute approximate surface area is 177 Å². The third-order valence-corrected chi connectivity index (χ3v) is 5.70. The fraction of sp³-hybridized carbons (Fsp3) is 0.368. The van der Waals surface area contributed by atoms with Crippen LogP contribution in [0.2, 0.25) is 0 Å². The summed E-state index contributed by atoms with van der Waals surface area (Å²) in [6.45, 7) is 0.744. The van der Waals surface area contributed by atoms with Crippen LogP contribution in [0.25, 0.3) is 0 Å². The summed E-state index contributed by atoms with van der Waals surface area (Å²) in [4.78, 5) is 38.1. The van der Waals surface area contributed by atoms with E-state index in [9.17, 15) is 14.7 Å². The SMILES string of the molecule is COc1cc(OC)cc(N2Cc3cnc(SC)nc3N(C3CN(C(=O)O)C3)C2=O)c1. The summed E-state index contributed by atoms with van der Waals surface area (Å²) in [5.74, 6) is 1.65. The number of rotatable bonds is 5. The van der Waals surface area contributed by atoms with Crippen LogP contribution in [0.4, 0.5) is 21.1 Å². The Hall–Kier alpha value is -3.21. The van der Waals surface area contributed by atoms with Crippen molar-refractivity contribution in [1.82, 2.24) is 14.9 Å². The van der Waals surface area contributed by atoms with E-state index < -0.39 is 6.09 Å². The molecular formula is C19H21N5O5S. The maximum Gasteiger partial charge on any atom is 0.407 e. The number of aromatic nitrogens is 2. The minimum Gasteiger partial charge on any atom is -0.497 e. The van der Waals surface area contributed by atoms with E-state index in [2.05, 4.69) is 9.97 Å². The number of thioether (sulfide) groups is 1. The highest BCUT2D eigenvalue weighted by molar-refractivity contribution is 7.98. The number of nitrogens with zero attached hydrogens (tertiary/aromatic N) is 5. The maximum atomic E-state index is 13.5. The summed E-state index contributed by atoms with van der Waals surface area (Å²) in [5.41, 5.74) is 1.39. The average Bonchev–Trinajstić information content (AvgIpc) is 2.72. The van der Waals surface area contributed by atoms with Gasteiger partial charge in [-0.2, -0.15) is 0 Å². The first-order valence-corrected chi connectivity index (χ1v) is 10.4. The molecule has 0 aliphatic carbocycles. The number of carbonyl (C=O) groups is 2. The lowest BCUT2D eigenvalue weighted by atomic mass is 10.1. The Kier molecular flexibility index (Phi) is 5.29. The molecule has 0 unspecified atom stereocenters. The van der Waals surface area contributed by atoms with Crippen LogP contribution in [0.5, 0.6) is 11.5 Å².